The van der Waals surface area contributed by atoms with Crippen LogP contribution in [-0.4, -0.2) is 55.8 Å². The van der Waals surface area contributed by atoms with Gasteiger partial charge in [0.25, 0.3) is 11.8 Å². The average Bonchev–Trinajstić information content (AvgIpc) is 3.06. The van der Waals surface area contributed by atoms with Crippen molar-refractivity contribution in [1.29, 1.82) is 0 Å². The fourth-order valence-corrected chi connectivity index (χ4v) is 5.52. The van der Waals surface area contributed by atoms with Gasteiger partial charge in [0, 0.05) is 18.5 Å². The number of hydrogen-bond acceptors (Lipinski definition) is 6. The Balaban J connectivity index is 1.67. The van der Waals surface area contributed by atoms with E-state index in [0.717, 1.165) is 17.0 Å². The molecule has 0 atom stereocenters. The molecule has 2 amide bonds. The third-order valence-corrected chi connectivity index (χ3v) is 7.56. The third-order valence-electron chi connectivity index (χ3n) is 5.66. The highest BCUT2D eigenvalue weighted by Gasteiger charge is 2.40. The molecule has 1 saturated heterocycles. The van der Waals surface area contributed by atoms with Crippen molar-refractivity contribution in [2.24, 2.45) is 0 Å². The minimum absolute atomic E-state index is 0.0141. The maximum absolute atomic E-state index is 13.3. The number of carbonyl (C=O) groups is 2. The molecule has 2 aromatic carbocycles. The lowest BCUT2D eigenvalue weighted by atomic mass is 10.0. The van der Waals surface area contributed by atoms with Crippen molar-refractivity contribution in [3.63, 3.8) is 0 Å². The van der Waals surface area contributed by atoms with Gasteiger partial charge in [-0.1, -0.05) is 0 Å². The number of nitrogens with zero attached hydrogens (tertiary/aromatic N) is 3. The summed E-state index contributed by atoms with van der Waals surface area (Å²) in [6, 6.07) is 9.39. The van der Waals surface area contributed by atoms with Gasteiger partial charge in [0.15, 0.2) is 0 Å². The maximum atomic E-state index is 13.3. The largest absolute Gasteiger partial charge is 0.379 e. The van der Waals surface area contributed by atoms with Crippen LogP contribution in [0.3, 0.4) is 0 Å². The third kappa shape index (κ3) is 3.10. The summed E-state index contributed by atoms with van der Waals surface area (Å²) in [4.78, 5) is 31.8. The van der Waals surface area contributed by atoms with E-state index in [1.165, 1.54) is 34.6 Å². The first-order valence-corrected chi connectivity index (χ1v) is 11.4. The molecule has 3 heterocycles. The summed E-state index contributed by atoms with van der Waals surface area (Å²) in [6.07, 6.45) is 0. The van der Waals surface area contributed by atoms with E-state index in [9.17, 15) is 22.4 Å². The molecular weight excluding hydrogens is 437 g/mol. The summed E-state index contributed by atoms with van der Waals surface area (Å²) in [6.45, 7) is 2.71. The van der Waals surface area contributed by atoms with Gasteiger partial charge in [-0.05, 0) is 49.4 Å². The van der Waals surface area contributed by atoms with Gasteiger partial charge in [0.1, 0.15) is 5.82 Å². The van der Waals surface area contributed by atoms with Crippen LogP contribution in [0.15, 0.2) is 47.4 Å². The van der Waals surface area contributed by atoms with Gasteiger partial charge in [-0.15, -0.1) is 0 Å². The standard InChI is InChI=1S/C22H18FN3O5S/c1-13-19-20(22(28)26(21(19)27)15-4-2-14(23)3-5-15)17-12-16(6-7-18(17)24-13)32(29,30)25-8-10-31-11-9-25/h2-7,12H,8-11H2,1H3. The molecule has 3 aromatic rings. The molecule has 8 nitrogen and oxygen atoms in total. The maximum Gasteiger partial charge on any atom is 0.268 e. The number of anilines is 1. The summed E-state index contributed by atoms with van der Waals surface area (Å²) in [5.74, 6) is -1.68. The van der Waals surface area contributed by atoms with Crippen LogP contribution in [0.1, 0.15) is 26.4 Å². The molecule has 1 aromatic heterocycles. The van der Waals surface area contributed by atoms with E-state index in [1.807, 2.05) is 0 Å². The van der Waals surface area contributed by atoms with Crippen molar-refractivity contribution in [2.45, 2.75) is 11.8 Å². The minimum atomic E-state index is -3.81. The highest BCUT2D eigenvalue weighted by Crippen LogP contribution is 2.35. The topological polar surface area (TPSA) is 96.9 Å². The lowest BCUT2D eigenvalue weighted by Crippen LogP contribution is -2.40. The summed E-state index contributed by atoms with van der Waals surface area (Å²) < 4.78 is 46.1. The number of sulfonamides is 1. The number of aryl methyl sites for hydroxylation is 1. The number of hydrogen-bond donors (Lipinski definition) is 0. The Kier molecular flexibility index (Phi) is 4.81. The Hall–Kier alpha value is -3.21. The molecule has 164 valence electrons. The fraction of sp³-hybridized carbons (Fsp3) is 0.227. The molecule has 1 fully saturated rings. The summed E-state index contributed by atoms with van der Waals surface area (Å²) >= 11 is 0. The molecule has 5 rings (SSSR count). The van der Waals surface area contributed by atoms with Crippen molar-refractivity contribution in [3.8, 4) is 0 Å². The van der Waals surface area contributed by atoms with E-state index < -0.39 is 27.7 Å². The van der Waals surface area contributed by atoms with Gasteiger partial charge in [-0.3, -0.25) is 14.6 Å². The fourth-order valence-electron chi connectivity index (χ4n) is 4.09. The zero-order chi connectivity index (χ0) is 22.6. The number of benzene rings is 2. The first kappa shape index (κ1) is 20.7. The summed E-state index contributed by atoms with van der Waals surface area (Å²) in [5, 5.41) is 0.280. The number of imide groups is 1. The van der Waals surface area contributed by atoms with E-state index >= 15 is 0 Å². The van der Waals surface area contributed by atoms with Crippen molar-refractivity contribution in [2.75, 3.05) is 31.2 Å². The first-order chi connectivity index (χ1) is 15.3. The lowest BCUT2D eigenvalue weighted by Gasteiger charge is -2.26. The predicted octanol–water partition coefficient (Wildman–Crippen LogP) is 2.50. The quantitative estimate of drug-likeness (QED) is 0.563. The number of aromatic nitrogens is 1. The molecule has 2 aliphatic rings. The summed E-state index contributed by atoms with van der Waals surface area (Å²) in [7, 11) is -3.81. The number of amides is 2. The molecular formula is C22H18FN3O5S. The minimum Gasteiger partial charge on any atom is -0.379 e. The second-order valence-corrected chi connectivity index (χ2v) is 9.50. The van der Waals surface area contributed by atoms with Crippen LogP contribution in [0.5, 0.6) is 0 Å². The van der Waals surface area contributed by atoms with Crippen molar-refractivity contribution in [3.05, 3.63) is 65.1 Å². The number of carbonyl (C=O) groups excluding carboxylic acids is 2. The normalized spacial score (nSPS) is 17.2. The van der Waals surface area contributed by atoms with Crippen molar-refractivity contribution >= 4 is 38.4 Å². The van der Waals surface area contributed by atoms with Gasteiger partial charge < -0.3 is 4.74 Å². The zero-order valence-electron chi connectivity index (χ0n) is 17.0. The second-order valence-electron chi connectivity index (χ2n) is 7.56. The van der Waals surface area contributed by atoms with E-state index in [0.29, 0.717) is 24.4 Å². The van der Waals surface area contributed by atoms with Crippen LogP contribution in [0.2, 0.25) is 0 Å². The highest BCUT2D eigenvalue weighted by molar-refractivity contribution is 7.89. The Labute approximate surface area is 183 Å². The van der Waals surface area contributed by atoms with E-state index in [2.05, 4.69) is 4.98 Å². The van der Waals surface area contributed by atoms with E-state index in [1.54, 1.807) is 6.92 Å². The number of morpholine rings is 1. The molecule has 2 aliphatic heterocycles. The van der Waals surface area contributed by atoms with Gasteiger partial charge in [-0.25, -0.2) is 17.7 Å². The predicted molar refractivity (Wildman–Crippen MR) is 114 cm³/mol. The zero-order valence-corrected chi connectivity index (χ0v) is 17.9. The van der Waals surface area contributed by atoms with Crippen LogP contribution >= 0.6 is 0 Å². The molecule has 0 unspecified atom stereocenters. The Morgan fingerprint density at radius 2 is 1.62 bits per heavy atom. The number of rotatable bonds is 3. The summed E-state index contributed by atoms with van der Waals surface area (Å²) in [5.41, 5.74) is 1.21. The SMILES string of the molecule is Cc1nc2ccc(S(=O)(=O)N3CCOCC3)cc2c2c1C(=O)N(c1ccc(F)cc1)C2=O. The smallest absolute Gasteiger partial charge is 0.268 e. The Morgan fingerprint density at radius 3 is 2.31 bits per heavy atom. The Morgan fingerprint density at radius 1 is 0.969 bits per heavy atom. The number of halogens is 1. The first-order valence-electron chi connectivity index (χ1n) is 9.95. The molecule has 0 N–H and O–H groups in total. The molecule has 32 heavy (non-hydrogen) atoms. The average molecular weight is 455 g/mol. The van der Waals surface area contributed by atoms with Crippen LogP contribution in [0, 0.1) is 12.7 Å². The molecule has 0 aliphatic carbocycles. The molecule has 0 saturated carbocycles. The van der Waals surface area contributed by atoms with Crippen LogP contribution < -0.4 is 4.90 Å². The van der Waals surface area contributed by atoms with Crippen LogP contribution in [0.4, 0.5) is 10.1 Å². The van der Waals surface area contributed by atoms with Gasteiger partial charge >= 0.3 is 0 Å². The van der Waals surface area contributed by atoms with E-state index in [-0.39, 0.29) is 40.2 Å². The van der Waals surface area contributed by atoms with Gasteiger partial charge in [-0.2, -0.15) is 4.31 Å². The monoisotopic (exact) mass is 455 g/mol. The molecule has 10 heteroatoms. The van der Waals surface area contributed by atoms with Gasteiger partial charge in [0.05, 0.1) is 46.1 Å². The second kappa shape index (κ2) is 7.44. The molecule has 0 radical (unpaired) electrons. The van der Waals surface area contributed by atoms with Crippen LogP contribution in [0.25, 0.3) is 10.9 Å². The molecule has 0 spiro atoms. The molecule has 0 bridgehead atoms. The lowest BCUT2D eigenvalue weighted by molar-refractivity contribution is 0.0730. The number of pyridine rings is 1. The number of ether oxygens (including phenoxy) is 1. The van der Waals surface area contributed by atoms with Gasteiger partial charge in [0.2, 0.25) is 10.0 Å². The van der Waals surface area contributed by atoms with Crippen molar-refractivity contribution < 1.29 is 27.1 Å². The van der Waals surface area contributed by atoms with Crippen LogP contribution in [-0.2, 0) is 14.8 Å². The van der Waals surface area contributed by atoms with E-state index in [4.69, 9.17) is 4.74 Å². The van der Waals surface area contributed by atoms with Crippen molar-refractivity contribution in [1.82, 2.24) is 9.29 Å². The Bertz CT molecular complexity index is 1380. The number of fused-ring (bicyclic) bond motifs is 3. The highest BCUT2D eigenvalue weighted by atomic mass is 32.2.